The lowest BCUT2D eigenvalue weighted by molar-refractivity contribution is -0.136. The lowest BCUT2D eigenvalue weighted by Gasteiger charge is -1.92. The molecule has 0 aromatic heterocycles. The van der Waals surface area contributed by atoms with Crippen molar-refractivity contribution in [3.05, 3.63) is 63.8 Å². The molecule has 0 aromatic carbocycles. The van der Waals surface area contributed by atoms with E-state index in [0.29, 0.717) is 0 Å². The second-order valence-electron chi connectivity index (χ2n) is 2.00. The van der Waals surface area contributed by atoms with E-state index in [4.69, 9.17) is 10.4 Å². The summed E-state index contributed by atoms with van der Waals surface area (Å²) in [4.78, 5) is 19.4. The van der Waals surface area contributed by atoms with Crippen molar-refractivity contribution < 1.29 is 19.4 Å². The molecule has 0 aliphatic heterocycles. The van der Waals surface area contributed by atoms with Crippen LogP contribution in [0.25, 0.3) is 0 Å². The molecule has 0 atom stereocenters. The summed E-state index contributed by atoms with van der Waals surface area (Å²) in [6.45, 7) is 18.9. The van der Waals surface area contributed by atoms with E-state index in [1.54, 1.807) is 6.07 Å². The van der Waals surface area contributed by atoms with Crippen molar-refractivity contribution in [2.45, 2.75) is 0 Å². The van der Waals surface area contributed by atoms with Gasteiger partial charge in [0.2, 0.25) is 0 Å². The molecule has 0 saturated carbocycles. The van der Waals surface area contributed by atoms with Crippen LogP contribution < -0.4 is 0 Å². The van der Waals surface area contributed by atoms with Gasteiger partial charge in [0.15, 0.2) is 0 Å². The number of nitrogens with zero attached hydrogens (tertiary/aromatic N) is 1. The predicted octanol–water partition coefficient (Wildman–Crippen LogP) is 2.66. The fourth-order valence-electron chi connectivity index (χ4n) is 0.200. The molecule has 0 heterocycles. The van der Waals surface area contributed by atoms with Crippen LogP contribution >= 0.6 is 0 Å². The molecule has 0 aromatic rings. The fraction of sp³-hybridized carbons (Fsp3) is 0.0714. The normalized spacial score (nSPS) is 5.84. The molecule has 0 aliphatic rings. The van der Waals surface area contributed by atoms with Crippen LogP contribution in [0.15, 0.2) is 63.8 Å². The smallest absolute Gasteiger partial charge is 0.330 e. The van der Waals surface area contributed by atoms with Crippen LogP contribution in [0.5, 0.6) is 0 Å². The van der Waals surface area contributed by atoms with Crippen LogP contribution in [0.1, 0.15) is 0 Å². The van der Waals surface area contributed by atoms with Gasteiger partial charge in [-0.1, -0.05) is 32.4 Å². The number of carbonyl (C=O) groups excluding carboxylic acids is 1. The predicted molar refractivity (Wildman–Crippen MR) is 76.2 cm³/mol. The summed E-state index contributed by atoms with van der Waals surface area (Å²) in [6.07, 6.45) is 4.63. The Labute approximate surface area is 114 Å². The maximum atomic E-state index is 10.2. The van der Waals surface area contributed by atoms with Gasteiger partial charge in [0, 0.05) is 18.2 Å². The Balaban J connectivity index is -0.0000000886. The zero-order valence-electron chi connectivity index (χ0n) is 10.9. The van der Waals surface area contributed by atoms with Gasteiger partial charge in [-0.15, -0.1) is 13.2 Å². The summed E-state index contributed by atoms with van der Waals surface area (Å²) in [5.74, 6) is -1.39. The number of ether oxygens (including phenoxy) is 1. The minimum absolute atomic E-state index is 0.255. The second kappa shape index (κ2) is 29.4. The molecule has 1 N–H and O–H groups in total. The minimum Gasteiger partial charge on any atom is -0.478 e. The number of carboxylic acids is 1. The van der Waals surface area contributed by atoms with Crippen molar-refractivity contribution in [2.24, 2.45) is 0 Å². The Kier molecular flexibility index (Phi) is 38.9. The molecular weight excluding hydrogens is 246 g/mol. The quantitative estimate of drug-likeness (QED) is 0.365. The highest BCUT2D eigenvalue weighted by Gasteiger charge is 1.87. The second-order valence-corrected chi connectivity index (χ2v) is 2.00. The molecular formula is C14H19NO4. The SMILES string of the molecule is C=C.C=CC#N.C=CC(=O)O.C=CCOC(=O)C=C. The third-order valence-corrected chi connectivity index (χ3v) is 0.776. The Morgan fingerprint density at radius 1 is 1.16 bits per heavy atom. The summed E-state index contributed by atoms with van der Waals surface area (Å²) in [5.41, 5.74) is 0. The first-order chi connectivity index (χ1) is 8.99. The third kappa shape index (κ3) is 69.4. The van der Waals surface area contributed by atoms with Crippen LogP contribution in [-0.4, -0.2) is 23.7 Å². The fourth-order valence-corrected chi connectivity index (χ4v) is 0.200. The zero-order chi connectivity index (χ0) is 16.1. The summed E-state index contributed by atoms with van der Waals surface area (Å²) < 4.78 is 4.47. The van der Waals surface area contributed by atoms with Crippen molar-refractivity contribution >= 4 is 11.9 Å². The molecule has 0 aliphatic carbocycles. The lowest BCUT2D eigenvalue weighted by Crippen LogP contribution is -1.98. The van der Waals surface area contributed by atoms with Gasteiger partial charge in [-0.05, 0) is 0 Å². The topological polar surface area (TPSA) is 87.4 Å². The van der Waals surface area contributed by atoms with Crippen molar-refractivity contribution in [3.8, 4) is 6.07 Å². The minimum atomic E-state index is -0.981. The van der Waals surface area contributed by atoms with E-state index >= 15 is 0 Å². The zero-order valence-corrected chi connectivity index (χ0v) is 10.9. The average Bonchev–Trinajstić information content (AvgIpc) is 2.47. The molecule has 5 nitrogen and oxygen atoms in total. The lowest BCUT2D eigenvalue weighted by atomic mass is 10.6. The molecule has 104 valence electrons. The molecule has 0 spiro atoms. The summed E-state index contributed by atoms with van der Waals surface area (Å²) in [7, 11) is 0. The van der Waals surface area contributed by atoms with E-state index in [1.807, 2.05) is 0 Å². The van der Waals surface area contributed by atoms with E-state index in [1.165, 1.54) is 12.2 Å². The van der Waals surface area contributed by atoms with Crippen molar-refractivity contribution in [1.82, 2.24) is 0 Å². The first kappa shape index (κ1) is 25.1. The van der Waals surface area contributed by atoms with Gasteiger partial charge in [-0.3, -0.25) is 0 Å². The monoisotopic (exact) mass is 265 g/mol. The molecule has 0 radical (unpaired) electrons. The molecule has 5 heteroatoms. The van der Waals surface area contributed by atoms with Crippen molar-refractivity contribution in [2.75, 3.05) is 6.61 Å². The van der Waals surface area contributed by atoms with E-state index in [-0.39, 0.29) is 6.61 Å². The van der Waals surface area contributed by atoms with Gasteiger partial charge >= 0.3 is 11.9 Å². The molecule has 19 heavy (non-hydrogen) atoms. The van der Waals surface area contributed by atoms with Crippen LogP contribution in [0.3, 0.4) is 0 Å². The highest BCUT2D eigenvalue weighted by Crippen LogP contribution is 1.77. The maximum Gasteiger partial charge on any atom is 0.330 e. The number of allylic oxidation sites excluding steroid dienone is 1. The number of carboxylic acid groups (broad SMARTS) is 1. The largest absolute Gasteiger partial charge is 0.478 e. The maximum absolute atomic E-state index is 10.2. The van der Waals surface area contributed by atoms with Crippen LogP contribution in [0, 0.1) is 11.3 Å². The summed E-state index contributed by atoms with van der Waals surface area (Å²) >= 11 is 0. The van der Waals surface area contributed by atoms with Crippen LogP contribution in [0.2, 0.25) is 0 Å². The number of esters is 1. The van der Waals surface area contributed by atoms with E-state index in [9.17, 15) is 9.59 Å². The molecule has 0 rings (SSSR count). The highest BCUT2D eigenvalue weighted by atomic mass is 16.5. The van der Waals surface area contributed by atoms with Crippen LogP contribution in [0.4, 0.5) is 0 Å². The highest BCUT2D eigenvalue weighted by molar-refractivity contribution is 5.81. The third-order valence-electron chi connectivity index (χ3n) is 0.776. The number of carbonyl (C=O) groups is 2. The number of hydrogen-bond donors (Lipinski definition) is 1. The van der Waals surface area contributed by atoms with Gasteiger partial charge in [0.1, 0.15) is 6.61 Å². The standard InChI is InChI=1S/C6H8O2.C3H3N.C3H4O2.C2H4/c1-3-5-8-6(7)4-2;1-2-3-4;1-2-3(4)5;1-2/h3-4H,1-2,5H2;2H,1H2;2H,1H2,(H,4,5);1-2H2. The van der Waals surface area contributed by atoms with Gasteiger partial charge in [-0.2, -0.15) is 5.26 Å². The summed E-state index contributed by atoms with van der Waals surface area (Å²) in [6, 6.07) is 1.69. The van der Waals surface area contributed by atoms with Gasteiger partial charge in [0.25, 0.3) is 0 Å². The average molecular weight is 265 g/mol. The summed E-state index contributed by atoms with van der Waals surface area (Å²) in [5, 5.41) is 15.1. The number of rotatable bonds is 4. The van der Waals surface area contributed by atoms with Gasteiger partial charge < -0.3 is 9.84 Å². The Morgan fingerprint density at radius 3 is 1.68 bits per heavy atom. The van der Waals surface area contributed by atoms with Gasteiger partial charge in [-0.25, -0.2) is 9.59 Å². The Bertz CT molecular complexity index is 327. The molecule has 0 bridgehead atoms. The number of aliphatic carboxylic acids is 1. The number of hydrogen-bond acceptors (Lipinski definition) is 4. The van der Waals surface area contributed by atoms with Crippen LogP contribution in [-0.2, 0) is 14.3 Å². The van der Waals surface area contributed by atoms with Crippen molar-refractivity contribution in [3.63, 3.8) is 0 Å². The van der Waals surface area contributed by atoms with Crippen molar-refractivity contribution in [1.29, 1.82) is 5.26 Å². The molecule has 0 fully saturated rings. The molecule has 0 amide bonds. The van der Waals surface area contributed by atoms with E-state index < -0.39 is 11.9 Å². The van der Waals surface area contributed by atoms with E-state index in [2.05, 4.69) is 44.2 Å². The first-order valence-corrected chi connectivity index (χ1v) is 4.76. The first-order valence-electron chi connectivity index (χ1n) is 4.76. The molecule has 0 unspecified atom stereocenters. The van der Waals surface area contributed by atoms with E-state index in [0.717, 1.165) is 12.2 Å². The Morgan fingerprint density at radius 2 is 1.53 bits per heavy atom. The van der Waals surface area contributed by atoms with Gasteiger partial charge in [0.05, 0.1) is 6.07 Å². The molecule has 0 saturated heterocycles. The number of nitriles is 1. The Hall–Kier alpha value is -2.87.